The summed E-state index contributed by atoms with van der Waals surface area (Å²) in [6.45, 7) is -2.89. The third-order valence-electron chi connectivity index (χ3n) is 17.6. The monoisotopic (exact) mass is 1490 g/mol. The number of ether oxygens (including phenoxy) is 12. The molecule has 42 nitrogen and oxygen atoms in total. The summed E-state index contributed by atoms with van der Waals surface area (Å²) >= 11 is 4.03. The van der Waals surface area contributed by atoms with E-state index < -0.39 is 284 Å². The topological polar surface area (TPSA) is 655 Å². The molecule has 0 aliphatic carbocycles. The lowest BCUT2D eigenvalue weighted by atomic mass is 9.88. The first kappa shape index (κ1) is 85.4. The van der Waals surface area contributed by atoms with Crippen LogP contribution in [0.25, 0.3) is 0 Å². The Labute approximate surface area is 581 Å². The van der Waals surface area contributed by atoms with Crippen LogP contribution in [0.15, 0.2) is 0 Å². The minimum absolute atomic E-state index is 0.156. The molecule has 6 fully saturated rings. The van der Waals surface area contributed by atoms with Gasteiger partial charge in [-0.25, -0.2) is 9.59 Å². The third kappa shape index (κ3) is 21.4. The van der Waals surface area contributed by atoms with Crippen LogP contribution in [0.3, 0.4) is 0 Å². The van der Waals surface area contributed by atoms with E-state index in [1.54, 1.807) is 0 Å². The first-order valence-corrected chi connectivity index (χ1v) is 33.1. The summed E-state index contributed by atoms with van der Waals surface area (Å²) < 4.78 is 72.3. The molecule has 6 aliphatic rings. The number of unbranched alkanes of at least 4 members (excludes halogenated alkanes) is 2. The molecule has 0 aromatic heterocycles. The first-order chi connectivity index (χ1) is 47.6. The van der Waals surface area contributed by atoms with Crippen LogP contribution >= 0.6 is 12.6 Å². The third-order valence-corrected chi connectivity index (χ3v) is 17.8. The van der Waals surface area contributed by atoms with Crippen molar-refractivity contribution in [1.82, 2.24) is 26.6 Å². The SMILES string of the molecule is CC(=O)N[C@@H]1C(O[C@H]2C(CO)O[C@@H](O[C@H]3[C@H](O)C(CO[C@]4(C(=O)O)C[C@@H](O)[C@@H](NC(C)=O)C(C[C@H](O)CO)O4)OC(O[C@@H]4[C@H](O)C(OCCCCCNC(=O)CCS)OC(CO)[C@@H]4O)[C@H]3NC(C)=O)[C@@H](O)C2O[C@@]2(C(=O)O)C[C@H](O)[C@H](NC(C)=O)C([C@H](O)[C@H](O)CO)O2)OC(CO)[C@H](O)[C@@H]1O. The van der Waals surface area contributed by atoms with E-state index >= 15 is 0 Å². The fourth-order valence-corrected chi connectivity index (χ4v) is 12.8. The van der Waals surface area contributed by atoms with E-state index in [0.717, 1.165) is 27.7 Å². The lowest BCUT2D eigenvalue weighted by Gasteiger charge is -2.53. The standard InChI is InChI=1S/C58H97N5O37S/c1-21(69)60-35-26(74)13-57(55(85)86,98-29(35)12-25(73)15-64)90-20-33-42(81)47(38(63-24(4)72)52(94-33)97-49-41(80)31(18-67)92-53(44(49)83)89-10-7-5-6-9-59-34(77)8-11-101)96-54-45(84)50(46(32(19-68)93-54)95-51-37(62-23(3)71)43(82)40(79)30(17-66)91-51)100-58(56(87)88)14-27(75)36(61-22(2)70)48(99-58)39(78)28(76)16-65/h25-33,35-54,64-68,73-76,78-84,101H,5-20H2,1-4H3,(H,59,77)(H,60,69)(H,61,70)(H,62,71)(H,63,72)(H,85,86)(H,87,88)/t25-,26+,27-,28+,29?,30?,31?,32?,33?,35+,36-,37-,38-,39+,40-,41-,42+,43+,44-,45-,46-,47+,48?,49-,50?,51?,52?,53?,54-,57+,58+/m0/s1. The number of nitrogens with one attached hydrogen (secondary N) is 5. The lowest BCUT2D eigenvalue weighted by molar-refractivity contribution is -0.400. The molecular weight excluding hydrogens is 1390 g/mol. The van der Waals surface area contributed by atoms with Gasteiger partial charge in [-0.2, -0.15) is 12.6 Å². The second-order valence-electron chi connectivity index (χ2n) is 25.2. The molecule has 101 heavy (non-hydrogen) atoms. The maximum Gasteiger partial charge on any atom is 0.364 e. The van der Waals surface area contributed by atoms with Gasteiger partial charge < -0.3 is 175 Å². The average molecular weight is 1490 g/mol. The van der Waals surface area contributed by atoms with Crippen molar-refractivity contribution < 1.29 is 182 Å². The molecular formula is C58H97N5O37S. The van der Waals surface area contributed by atoms with Gasteiger partial charge in [0.25, 0.3) is 11.6 Å². The van der Waals surface area contributed by atoms with Crippen LogP contribution in [0.5, 0.6) is 0 Å². The van der Waals surface area contributed by atoms with Crippen molar-refractivity contribution >= 4 is 54.1 Å². The van der Waals surface area contributed by atoms with Crippen molar-refractivity contribution in [3.8, 4) is 0 Å². The minimum atomic E-state index is -3.48. The number of thiol groups is 1. The van der Waals surface area contributed by atoms with Crippen LogP contribution in [-0.2, 0) is 90.4 Å². The van der Waals surface area contributed by atoms with Crippen LogP contribution in [0.2, 0.25) is 0 Å². The Morgan fingerprint density at radius 1 is 0.515 bits per heavy atom. The highest BCUT2D eigenvalue weighted by Crippen LogP contribution is 2.42. The highest BCUT2D eigenvalue weighted by atomic mass is 32.1. The van der Waals surface area contributed by atoms with Gasteiger partial charge in [-0.05, 0) is 25.0 Å². The largest absolute Gasteiger partial charge is 0.477 e. The van der Waals surface area contributed by atoms with Crippen molar-refractivity contribution in [2.24, 2.45) is 0 Å². The summed E-state index contributed by atoms with van der Waals surface area (Å²) in [5.74, 6) is -14.3. The van der Waals surface area contributed by atoms with Gasteiger partial charge >= 0.3 is 11.9 Å². The Hall–Kier alpha value is -4.48. The molecule has 31 atom stereocenters. The summed E-state index contributed by atoms with van der Waals surface area (Å²) in [4.78, 5) is 90.1. The number of carbonyl (C=O) groups is 7. The molecule has 6 rings (SSSR count). The summed E-state index contributed by atoms with van der Waals surface area (Å²) in [7, 11) is 0. The van der Waals surface area contributed by atoms with Gasteiger partial charge in [-0.3, -0.25) is 24.0 Å². The number of amides is 5. The molecule has 0 aromatic carbocycles. The summed E-state index contributed by atoms with van der Waals surface area (Å²) in [5, 5.41) is 213. The van der Waals surface area contributed by atoms with Crippen molar-refractivity contribution in [2.75, 3.05) is 58.5 Å². The predicted octanol–water partition coefficient (Wildman–Crippen LogP) is -12.5. The second-order valence-corrected chi connectivity index (χ2v) is 25.7. The normalized spacial score (nSPS) is 39.9. The lowest BCUT2D eigenvalue weighted by Crippen LogP contribution is -2.72. The molecule has 6 aliphatic heterocycles. The molecule has 0 radical (unpaired) electrons. The number of aliphatic carboxylic acids is 2. The van der Waals surface area contributed by atoms with Gasteiger partial charge in [0.2, 0.25) is 29.5 Å². The summed E-state index contributed by atoms with van der Waals surface area (Å²) in [6.07, 6.45) is -55.2. The summed E-state index contributed by atoms with van der Waals surface area (Å²) in [6, 6.07) is -7.27. The smallest absolute Gasteiger partial charge is 0.364 e. The minimum Gasteiger partial charge on any atom is -0.477 e. The molecule has 5 amide bonds. The van der Waals surface area contributed by atoms with Crippen molar-refractivity contribution in [3.63, 3.8) is 0 Å². The number of aliphatic hydroxyl groups is 16. The Kier molecular flexibility index (Phi) is 32.7. The summed E-state index contributed by atoms with van der Waals surface area (Å²) in [5.41, 5.74) is 0. The quantitative estimate of drug-likeness (QED) is 0.0207. The number of hydrogen-bond donors (Lipinski definition) is 24. The van der Waals surface area contributed by atoms with Gasteiger partial charge in [-0.1, -0.05) is 0 Å². The van der Waals surface area contributed by atoms with Gasteiger partial charge in [0.1, 0.15) is 116 Å². The maximum atomic E-state index is 13.9. The zero-order chi connectivity index (χ0) is 75.1. The van der Waals surface area contributed by atoms with Gasteiger partial charge in [0, 0.05) is 66.5 Å². The zero-order valence-electron chi connectivity index (χ0n) is 55.3. The molecule has 0 spiro atoms. The molecule has 582 valence electrons. The van der Waals surface area contributed by atoms with E-state index in [2.05, 4.69) is 39.2 Å². The van der Waals surface area contributed by atoms with Crippen molar-refractivity contribution in [3.05, 3.63) is 0 Å². The van der Waals surface area contributed by atoms with Crippen molar-refractivity contribution in [1.29, 1.82) is 0 Å². The zero-order valence-corrected chi connectivity index (χ0v) is 56.2. The molecule has 6 heterocycles. The molecule has 10 unspecified atom stereocenters. The van der Waals surface area contributed by atoms with Gasteiger partial charge in [0.05, 0.1) is 76.1 Å². The first-order valence-electron chi connectivity index (χ1n) is 32.5. The van der Waals surface area contributed by atoms with E-state index in [0.29, 0.717) is 25.1 Å². The van der Waals surface area contributed by atoms with Crippen LogP contribution in [-0.4, -0.2) is 381 Å². The Morgan fingerprint density at radius 2 is 1.02 bits per heavy atom. The molecule has 23 N–H and O–H groups in total. The predicted molar refractivity (Wildman–Crippen MR) is 328 cm³/mol. The highest BCUT2D eigenvalue weighted by molar-refractivity contribution is 7.80. The van der Waals surface area contributed by atoms with Crippen LogP contribution < -0.4 is 26.6 Å². The van der Waals surface area contributed by atoms with Crippen molar-refractivity contribution in [2.45, 2.75) is 262 Å². The Bertz CT molecular complexity index is 2690. The average Bonchev–Trinajstić information content (AvgIpc) is 0.744. The van der Waals surface area contributed by atoms with Gasteiger partial charge in [-0.15, -0.1) is 0 Å². The molecule has 43 heteroatoms. The highest BCUT2D eigenvalue weighted by Gasteiger charge is 2.63. The van der Waals surface area contributed by atoms with E-state index in [-0.39, 0.29) is 25.4 Å². The van der Waals surface area contributed by atoms with E-state index in [4.69, 9.17) is 56.8 Å². The molecule has 0 saturated carbocycles. The van der Waals surface area contributed by atoms with E-state index in [9.17, 15) is 125 Å². The molecule has 0 aromatic rings. The number of aliphatic hydroxyl groups excluding tert-OH is 16. The number of rotatable bonds is 35. The number of carboxylic acid groups (broad SMARTS) is 2. The van der Waals surface area contributed by atoms with Crippen LogP contribution in [0.4, 0.5) is 0 Å². The van der Waals surface area contributed by atoms with E-state index in [1.807, 2.05) is 0 Å². The van der Waals surface area contributed by atoms with E-state index in [1.165, 1.54) is 0 Å². The maximum absolute atomic E-state index is 13.9. The fraction of sp³-hybridized carbons (Fsp3) is 0.879. The van der Waals surface area contributed by atoms with Gasteiger partial charge in [0.15, 0.2) is 25.2 Å². The molecule has 6 saturated heterocycles. The number of carbonyl (C=O) groups excluding carboxylic acids is 5. The second kappa shape index (κ2) is 38.7. The van der Waals surface area contributed by atoms with Crippen LogP contribution in [0.1, 0.15) is 72.6 Å². The number of hydrogen-bond acceptors (Lipinski definition) is 36. The molecule has 0 bridgehead atoms. The fourth-order valence-electron chi connectivity index (χ4n) is 12.6. The Balaban J connectivity index is 1.48. The van der Waals surface area contributed by atoms with Crippen LogP contribution in [0, 0.1) is 0 Å². The number of carboxylic acids is 2. The Morgan fingerprint density at radius 3 is 1.60 bits per heavy atom.